The minimum atomic E-state index is -0.235. The zero-order chi connectivity index (χ0) is 22.8. The largest absolute Gasteiger partial charge is 0.337 e. The van der Waals surface area contributed by atoms with Crippen LogP contribution in [0.1, 0.15) is 30.0 Å². The van der Waals surface area contributed by atoms with E-state index in [1.54, 1.807) is 12.1 Å². The number of urea groups is 1. The molecule has 2 aromatic carbocycles. The molecule has 7 heteroatoms. The third-order valence-electron chi connectivity index (χ3n) is 7.11. The van der Waals surface area contributed by atoms with E-state index in [0.717, 1.165) is 36.3 Å². The van der Waals surface area contributed by atoms with Crippen LogP contribution in [-0.2, 0) is 13.6 Å². The van der Waals surface area contributed by atoms with Gasteiger partial charge in [-0.15, -0.1) is 0 Å². The molecule has 0 spiro atoms. The molecule has 0 radical (unpaired) electrons. The van der Waals surface area contributed by atoms with Gasteiger partial charge in [0.1, 0.15) is 5.82 Å². The Morgan fingerprint density at radius 1 is 1.12 bits per heavy atom. The standard InChI is InChI=1S/C26H30FN5O/c1-31-25(14-24(30-31)19-7-9-21(27)10-8-19)23-17-32-12-11-20(23)13-22(32)16-29-26(33)28-15-18-5-3-2-4-6-18/h2-10,14,20,22-23H,11-13,15-17H2,1H3,(H2,28,29,33). The zero-order valence-electron chi connectivity index (χ0n) is 18.9. The Morgan fingerprint density at radius 3 is 2.64 bits per heavy atom. The van der Waals surface area contributed by atoms with Crippen LogP contribution in [0.2, 0.25) is 0 Å². The summed E-state index contributed by atoms with van der Waals surface area (Å²) in [5.74, 6) is 0.764. The summed E-state index contributed by atoms with van der Waals surface area (Å²) in [6.07, 6.45) is 2.24. The molecule has 6 nitrogen and oxygen atoms in total. The minimum Gasteiger partial charge on any atom is -0.337 e. The summed E-state index contributed by atoms with van der Waals surface area (Å²) in [7, 11) is 2.00. The lowest BCUT2D eigenvalue weighted by Gasteiger charge is -2.49. The van der Waals surface area contributed by atoms with Gasteiger partial charge in [0.15, 0.2) is 0 Å². The van der Waals surface area contributed by atoms with Gasteiger partial charge in [0.25, 0.3) is 0 Å². The Morgan fingerprint density at radius 2 is 1.91 bits per heavy atom. The molecule has 3 aliphatic rings. The van der Waals surface area contributed by atoms with Gasteiger partial charge in [-0.1, -0.05) is 30.3 Å². The molecule has 3 saturated heterocycles. The quantitative estimate of drug-likeness (QED) is 0.602. The number of nitrogens with one attached hydrogen (secondary N) is 2. The SMILES string of the molecule is Cn1nc(-c2ccc(F)cc2)cc1C1CN2CCC1CC2CNC(=O)NCc1ccccc1. The van der Waals surface area contributed by atoms with Gasteiger partial charge in [0, 0.05) is 49.9 Å². The van der Waals surface area contributed by atoms with Gasteiger partial charge in [0.05, 0.1) is 5.69 Å². The molecule has 0 saturated carbocycles. The molecule has 1 aromatic heterocycles. The fraction of sp³-hybridized carbons (Fsp3) is 0.385. The maximum atomic E-state index is 13.3. The van der Waals surface area contributed by atoms with Crippen LogP contribution in [0.3, 0.4) is 0 Å². The molecule has 3 fully saturated rings. The molecule has 3 aromatic rings. The molecule has 172 valence electrons. The first-order chi connectivity index (χ1) is 16.1. The number of carbonyl (C=O) groups excluding carboxylic acids is 1. The van der Waals surface area contributed by atoms with Crippen molar-refractivity contribution in [1.29, 1.82) is 0 Å². The molecule has 4 atom stereocenters. The number of aryl methyl sites for hydroxylation is 1. The highest BCUT2D eigenvalue weighted by atomic mass is 19.1. The van der Waals surface area contributed by atoms with Crippen LogP contribution in [0.4, 0.5) is 9.18 Å². The van der Waals surface area contributed by atoms with Crippen LogP contribution in [0, 0.1) is 11.7 Å². The van der Waals surface area contributed by atoms with Crippen molar-refractivity contribution in [2.45, 2.75) is 31.3 Å². The van der Waals surface area contributed by atoms with E-state index in [1.165, 1.54) is 24.2 Å². The van der Waals surface area contributed by atoms with Gasteiger partial charge >= 0.3 is 6.03 Å². The van der Waals surface area contributed by atoms with E-state index in [1.807, 2.05) is 42.1 Å². The molecule has 4 heterocycles. The molecule has 0 aliphatic carbocycles. The highest BCUT2D eigenvalue weighted by Gasteiger charge is 2.41. The van der Waals surface area contributed by atoms with E-state index in [-0.39, 0.29) is 11.8 Å². The maximum absolute atomic E-state index is 13.3. The number of carbonyl (C=O) groups is 1. The first-order valence-corrected chi connectivity index (χ1v) is 11.7. The molecule has 2 amide bonds. The number of rotatable bonds is 6. The monoisotopic (exact) mass is 447 g/mol. The highest BCUT2D eigenvalue weighted by Crippen LogP contribution is 2.42. The highest BCUT2D eigenvalue weighted by molar-refractivity contribution is 5.73. The number of aromatic nitrogens is 2. The number of piperidine rings is 3. The average molecular weight is 448 g/mol. The van der Waals surface area contributed by atoms with Gasteiger partial charge in [-0.05, 0) is 61.2 Å². The smallest absolute Gasteiger partial charge is 0.315 e. The minimum absolute atomic E-state index is 0.117. The van der Waals surface area contributed by atoms with E-state index in [2.05, 4.69) is 21.6 Å². The molecule has 2 bridgehead atoms. The van der Waals surface area contributed by atoms with E-state index in [4.69, 9.17) is 5.10 Å². The Kier molecular flexibility index (Phi) is 6.13. The van der Waals surface area contributed by atoms with Crippen molar-refractivity contribution < 1.29 is 9.18 Å². The van der Waals surface area contributed by atoms with E-state index in [9.17, 15) is 9.18 Å². The van der Waals surface area contributed by atoms with Gasteiger partial charge in [-0.25, -0.2) is 9.18 Å². The summed E-state index contributed by atoms with van der Waals surface area (Å²) in [4.78, 5) is 14.8. The number of nitrogens with zero attached hydrogens (tertiary/aromatic N) is 3. The van der Waals surface area contributed by atoms with E-state index < -0.39 is 0 Å². The van der Waals surface area contributed by atoms with Crippen LogP contribution >= 0.6 is 0 Å². The number of hydrogen-bond acceptors (Lipinski definition) is 3. The van der Waals surface area contributed by atoms with Crippen LogP contribution in [0.25, 0.3) is 11.3 Å². The summed E-state index contributed by atoms with van der Waals surface area (Å²) >= 11 is 0. The third-order valence-corrected chi connectivity index (χ3v) is 7.11. The van der Waals surface area contributed by atoms with E-state index >= 15 is 0 Å². The summed E-state index contributed by atoms with van der Waals surface area (Å²) in [5, 5.41) is 10.7. The fourth-order valence-electron chi connectivity index (χ4n) is 5.33. The number of fused-ring (bicyclic) bond motifs is 3. The summed E-state index contributed by atoms with van der Waals surface area (Å²) in [6, 6.07) is 18.9. The molecular formula is C26H30FN5O. The lowest BCUT2D eigenvalue weighted by Crippen LogP contribution is -2.56. The van der Waals surface area contributed by atoms with Gasteiger partial charge in [-0.3, -0.25) is 9.58 Å². The van der Waals surface area contributed by atoms with Crippen molar-refractivity contribution in [1.82, 2.24) is 25.3 Å². The topological polar surface area (TPSA) is 62.2 Å². The molecule has 4 unspecified atom stereocenters. The van der Waals surface area contributed by atoms with Gasteiger partial charge < -0.3 is 10.6 Å². The Labute approximate surface area is 193 Å². The molecular weight excluding hydrogens is 417 g/mol. The van der Waals surface area contributed by atoms with Crippen LogP contribution in [0.15, 0.2) is 60.7 Å². The lowest BCUT2D eigenvalue weighted by molar-refractivity contribution is 0.0294. The van der Waals surface area contributed by atoms with Gasteiger partial charge in [0.2, 0.25) is 0 Å². The van der Waals surface area contributed by atoms with Crippen molar-refractivity contribution in [3.05, 3.63) is 77.7 Å². The second-order valence-electron chi connectivity index (χ2n) is 9.17. The predicted molar refractivity (Wildman–Crippen MR) is 126 cm³/mol. The number of benzene rings is 2. The zero-order valence-corrected chi connectivity index (χ0v) is 18.9. The van der Waals surface area contributed by atoms with Crippen molar-refractivity contribution in [3.63, 3.8) is 0 Å². The fourth-order valence-corrected chi connectivity index (χ4v) is 5.33. The molecule has 33 heavy (non-hydrogen) atoms. The van der Waals surface area contributed by atoms with Crippen molar-refractivity contribution in [3.8, 4) is 11.3 Å². The summed E-state index contributed by atoms with van der Waals surface area (Å²) in [6.45, 7) is 3.24. The van der Waals surface area contributed by atoms with Crippen molar-refractivity contribution in [2.24, 2.45) is 13.0 Å². The average Bonchev–Trinajstić information content (AvgIpc) is 3.24. The maximum Gasteiger partial charge on any atom is 0.315 e. The second kappa shape index (κ2) is 9.35. The second-order valence-corrected chi connectivity index (χ2v) is 9.17. The van der Waals surface area contributed by atoms with Crippen molar-refractivity contribution in [2.75, 3.05) is 19.6 Å². The summed E-state index contributed by atoms with van der Waals surface area (Å²) in [5.41, 5.74) is 4.14. The Hall–Kier alpha value is -3.19. The molecule has 3 aliphatic heterocycles. The molecule has 2 N–H and O–H groups in total. The van der Waals surface area contributed by atoms with E-state index in [0.29, 0.717) is 31.0 Å². The van der Waals surface area contributed by atoms with Gasteiger partial charge in [-0.2, -0.15) is 5.10 Å². The lowest BCUT2D eigenvalue weighted by atomic mass is 9.74. The van der Waals surface area contributed by atoms with Crippen LogP contribution in [0.5, 0.6) is 0 Å². The Bertz CT molecular complexity index is 1100. The first kappa shape index (κ1) is 21.6. The normalized spacial score (nSPS) is 23.9. The third kappa shape index (κ3) is 4.78. The first-order valence-electron chi connectivity index (χ1n) is 11.7. The number of amides is 2. The van der Waals surface area contributed by atoms with Crippen LogP contribution in [-0.4, -0.2) is 46.4 Å². The van der Waals surface area contributed by atoms with Crippen LogP contribution < -0.4 is 10.6 Å². The molecule has 6 rings (SSSR count). The number of halogens is 1. The number of hydrogen-bond donors (Lipinski definition) is 2. The Balaban J connectivity index is 1.18. The predicted octanol–water partition coefficient (Wildman–Crippen LogP) is 3.90. The van der Waals surface area contributed by atoms with Crippen molar-refractivity contribution >= 4 is 6.03 Å². The summed E-state index contributed by atoms with van der Waals surface area (Å²) < 4.78 is 15.3.